The van der Waals surface area contributed by atoms with Crippen LogP contribution in [0.5, 0.6) is 5.75 Å². The third kappa shape index (κ3) is 5.03. The van der Waals surface area contributed by atoms with Crippen LogP contribution in [0.2, 0.25) is 0 Å². The van der Waals surface area contributed by atoms with Crippen molar-refractivity contribution in [2.45, 2.75) is 20.0 Å². The van der Waals surface area contributed by atoms with Gasteiger partial charge in [0.2, 0.25) is 0 Å². The summed E-state index contributed by atoms with van der Waals surface area (Å²) in [5, 5.41) is 10.9. The molecule has 0 aliphatic carbocycles. The van der Waals surface area contributed by atoms with E-state index in [0.29, 0.717) is 6.61 Å². The lowest BCUT2D eigenvalue weighted by Gasteiger charge is -2.29. The molecule has 0 bridgehead atoms. The minimum absolute atomic E-state index is 0.182. The van der Waals surface area contributed by atoms with Crippen molar-refractivity contribution in [1.82, 2.24) is 0 Å². The van der Waals surface area contributed by atoms with Gasteiger partial charge >= 0.3 is 0 Å². The standard InChI is InChI=1S/C20H25N3O3/c1-2-26-20-8-6-17(7-9-20)15-21-10-12-22(13-11-21)16-18-4-3-5-19(14-18)23(24)25/h3-9,14H,2,10-13,15-16H2,1H3/p+2. The Hall–Kier alpha value is -2.44. The summed E-state index contributed by atoms with van der Waals surface area (Å²) < 4.78 is 5.49. The average molecular weight is 357 g/mol. The van der Waals surface area contributed by atoms with E-state index in [9.17, 15) is 10.1 Å². The van der Waals surface area contributed by atoms with Crippen molar-refractivity contribution in [3.05, 3.63) is 69.8 Å². The normalized spacial score (nSPS) is 19.9. The SMILES string of the molecule is CCOc1ccc(C[NH+]2CC[NH+](Cc3cccc([N+](=O)[O-])c3)CC2)cc1. The number of ether oxygens (including phenoxy) is 1. The van der Waals surface area contributed by atoms with Gasteiger partial charge in [-0.25, -0.2) is 0 Å². The zero-order valence-electron chi connectivity index (χ0n) is 15.2. The maximum Gasteiger partial charge on any atom is 0.269 e. The molecule has 1 heterocycles. The number of nitrogens with zero attached hydrogens (tertiary/aromatic N) is 1. The molecule has 0 aromatic heterocycles. The average Bonchev–Trinajstić information content (AvgIpc) is 2.65. The van der Waals surface area contributed by atoms with Gasteiger partial charge in [0.25, 0.3) is 5.69 Å². The van der Waals surface area contributed by atoms with Gasteiger partial charge in [-0.2, -0.15) is 0 Å². The Kier molecular flexibility index (Phi) is 6.20. The van der Waals surface area contributed by atoms with E-state index in [4.69, 9.17) is 4.74 Å². The maximum atomic E-state index is 10.9. The van der Waals surface area contributed by atoms with Gasteiger partial charge in [-0.15, -0.1) is 0 Å². The predicted molar refractivity (Wildman–Crippen MR) is 99.5 cm³/mol. The molecule has 1 aliphatic rings. The monoisotopic (exact) mass is 357 g/mol. The maximum absolute atomic E-state index is 10.9. The summed E-state index contributed by atoms with van der Waals surface area (Å²) in [6.07, 6.45) is 0. The minimum Gasteiger partial charge on any atom is -0.494 e. The fourth-order valence-corrected chi connectivity index (χ4v) is 3.54. The molecular formula is C20H27N3O3+2. The molecule has 1 fully saturated rings. The number of quaternary nitrogens is 2. The summed E-state index contributed by atoms with van der Waals surface area (Å²) >= 11 is 0. The highest BCUT2D eigenvalue weighted by Gasteiger charge is 2.23. The van der Waals surface area contributed by atoms with Crippen molar-refractivity contribution in [2.75, 3.05) is 32.8 Å². The van der Waals surface area contributed by atoms with E-state index >= 15 is 0 Å². The van der Waals surface area contributed by atoms with Crippen molar-refractivity contribution in [3.8, 4) is 5.75 Å². The van der Waals surface area contributed by atoms with Gasteiger partial charge in [0, 0.05) is 23.3 Å². The highest BCUT2D eigenvalue weighted by Crippen LogP contribution is 2.12. The molecule has 6 nitrogen and oxygen atoms in total. The summed E-state index contributed by atoms with van der Waals surface area (Å²) in [6.45, 7) is 9.01. The molecule has 1 aliphatic heterocycles. The highest BCUT2D eigenvalue weighted by atomic mass is 16.6. The first-order chi connectivity index (χ1) is 12.6. The highest BCUT2D eigenvalue weighted by molar-refractivity contribution is 5.33. The van der Waals surface area contributed by atoms with E-state index in [-0.39, 0.29) is 10.6 Å². The molecule has 2 aromatic carbocycles. The molecule has 2 aromatic rings. The fourth-order valence-electron chi connectivity index (χ4n) is 3.54. The van der Waals surface area contributed by atoms with E-state index < -0.39 is 0 Å². The Morgan fingerprint density at radius 3 is 2.15 bits per heavy atom. The Labute approximate surface area is 154 Å². The zero-order chi connectivity index (χ0) is 18.4. The molecule has 3 rings (SSSR count). The Morgan fingerprint density at radius 2 is 1.58 bits per heavy atom. The minimum atomic E-state index is -0.322. The first-order valence-corrected chi connectivity index (χ1v) is 9.26. The first kappa shape index (κ1) is 18.4. The van der Waals surface area contributed by atoms with Crippen molar-refractivity contribution >= 4 is 5.69 Å². The zero-order valence-corrected chi connectivity index (χ0v) is 15.2. The lowest BCUT2D eigenvalue weighted by atomic mass is 10.1. The van der Waals surface area contributed by atoms with Crippen LogP contribution in [0.4, 0.5) is 5.69 Å². The summed E-state index contributed by atoms with van der Waals surface area (Å²) in [6, 6.07) is 15.4. The van der Waals surface area contributed by atoms with E-state index in [1.54, 1.807) is 23.1 Å². The summed E-state index contributed by atoms with van der Waals surface area (Å²) in [7, 11) is 0. The van der Waals surface area contributed by atoms with Crippen LogP contribution in [0, 0.1) is 10.1 Å². The van der Waals surface area contributed by atoms with Gasteiger partial charge < -0.3 is 14.5 Å². The van der Waals surface area contributed by atoms with Gasteiger partial charge in [-0.1, -0.05) is 12.1 Å². The molecule has 26 heavy (non-hydrogen) atoms. The molecule has 0 radical (unpaired) electrons. The largest absolute Gasteiger partial charge is 0.494 e. The number of nitro groups is 1. The number of rotatable bonds is 7. The molecule has 0 unspecified atom stereocenters. The van der Waals surface area contributed by atoms with Crippen molar-refractivity contribution in [2.24, 2.45) is 0 Å². The second-order valence-corrected chi connectivity index (χ2v) is 6.86. The van der Waals surface area contributed by atoms with E-state index in [1.807, 2.05) is 25.1 Å². The van der Waals surface area contributed by atoms with Crippen LogP contribution in [0.1, 0.15) is 18.1 Å². The van der Waals surface area contributed by atoms with Gasteiger partial charge in [-0.05, 0) is 31.2 Å². The number of benzene rings is 2. The lowest BCUT2D eigenvalue weighted by molar-refractivity contribution is -1.02. The summed E-state index contributed by atoms with van der Waals surface area (Å²) in [5.41, 5.74) is 2.57. The van der Waals surface area contributed by atoms with Crippen LogP contribution in [0.15, 0.2) is 48.5 Å². The molecule has 1 saturated heterocycles. The van der Waals surface area contributed by atoms with Crippen LogP contribution in [-0.4, -0.2) is 37.7 Å². The number of hydrogen-bond donors (Lipinski definition) is 2. The molecule has 0 atom stereocenters. The van der Waals surface area contributed by atoms with Gasteiger partial charge in [0.1, 0.15) is 45.0 Å². The van der Waals surface area contributed by atoms with Crippen LogP contribution < -0.4 is 14.5 Å². The van der Waals surface area contributed by atoms with Crippen molar-refractivity contribution in [3.63, 3.8) is 0 Å². The fraction of sp³-hybridized carbons (Fsp3) is 0.400. The Balaban J connectivity index is 1.48. The van der Waals surface area contributed by atoms with Crippen LogP contribution in [0.3, 0.4) is 0 Å². The number of non-ortho nitro benzene ring substituents is 1. The van der Waals surface area contributed by atoms with Crippen LogP contribution in [-0.2, 0) is 13.1 Å². The molecule has 2 N–H and O–H groups in total. The number of nitro benzene ring substituents is 1. The third-order valence-electron chi connectivity index (χ3n) is 4.93. The smallest absolute Gasteiger partial charge is 0.269 e. The van der Waals surface area contributed by atoms with Crippen LogP contribution in [0.25, 0.3) is 0 Å². The number of nitrogens with one attached hydrogen (secondary N) is 2. The topological polar surface area (TPSA) is 61.2 Å². The first-order valence-electron chi connectivity index (χ1n) is 9.26. The molecule has 0 amide bonds. The summed E-state index contributed by atoms with van der Waals surface area (Å²) in [4.78, 5) is 13.7. The van der Waals surface area contributed by atoms with E-state index in [0.717, 1.165) is 50.6 Å². The molecule has 0 spiro atoms. The molecular weight excluding hydrogens is 330 g/mol. The van der Waals surface area contributed by atoms with Gasteiger partial charge in [0.05, 0.1) is 11.5 Å². The van der Waals surface area contributed by atoms with Gasteiger partial charge in [0.15, 0.2) is 0 Å². The molecule has 0 saturated carbocycles. The van der Waals surface area contributed by atoms with Crippen molar-refractivity contribution in [1.29, 1.82) is 0 Å². The predicted octanol–water partition coefficient (Wildman–Crippen LogP) is 0.477. The van der Waals surface area contributed by atoms with E-state index in [2.05, 4.69) is 12.1 Å². The Morgan fingerprint density at radius 1 is 0.962 bits per heavy atom. The van der Waals surface area contributed by atoms with E-state index in [1.165, 1.54) is 10.5 Å². The van der Waals surface area contributed by atoms with Crippen LogP contribution >= 0.6 is 0 Å². The second-order valence-electron chi connectivity index (χ2n) is 6.86. The van der Waals surface area contributed by atoms with Crippen molar-refractivity contribution < 1.29 is 19.5 Å². The summed E-state index contributed by atoms with van der Waals surface area (Å²) in [5.74, 6) is 0.928. The number of hydrogen-bond acceptors (Lipinski definition) is 3. The quantitative estimate of drug-likeness (QED) is 0.560. The number of piperazine rings is 1. The lowest BCUT2D eigenvalue weighted by Crippen LogP contribution is -3.27. The Bertz CT molecular complexity index is 725. The molecule has 6 heteroatoms. The second kappa shape index (κ2) is 8.78. The van der Waals surface area contributed by atoms with Gasteiger partial charge in [-0.3, -0.25) is 10.1 Å². The molecule has 138 valence electrons. The third-order valence-corrected chi connectivity index (χ3v) is 4.93.